The van der Waals surface area contributed by atoms with Crippen LogP contribution in [0.15, 0.2) is 77.9 Å². The number of carboxylic acid groups (broad SMARTS) is 1. The van der Waals surface area contributed by atoms with Gasteiger partial charge in [-0.15, -0.1) is 0 Å². The number of anilines is 1. The summed E-state index contributed by atoms with van der Waals surface area (Å²) in [4.78, 5) is 29.1. The first-order chi connectivity index (χ1) is 17.0. The summed E-state index contributed by atoms with van der Waals surface area (Å²) in [5, 5.41) is 14.5. The number of carbonyl (C=O) groups is 1. The van der Waals surface area contributed by atoms with Crippen LogP contribution >= 0.6 is 0 Å². The third-order valence-corrected chi connectivity index (χ3v) is 6.13. The second kappa shape index (κ2) is 7.95. The number of pyridine rings is 2. The van der Waals surface area contributed by atoms with Crippen LogP contribution in [-0.4, -0.2) is 27.2 Å². The van der Waals surface area contributed by atoms with Crippen LogP contribution in [0.25, 0.3) is 27.4 Å². The van der Waals surface area contributed by atoms with Crippen molar-refractivity contribution in [1.29, 1.82) is 0 Å². The smallest absolute Gasteiger partial charge is 0.341 e. The maximum Gasteiger partial charge on any atom is 0.341 e. The number of carboxylic acids is 1. The highest BCUT2D eigenvalue weighted by molar-refractivity contribution is 6.00. The van der Waals surface area contributed by atoms with Crippen molar-refractivity contribution in [2.45, 2.75) is 6.42 Å². The molecular formula is C27H18FN3O4. The minimum atomic E-state index is -1.38. The fourth-order valence-corrected chi connectivity index (χ4v) is 4.48. The third-order valence-electron chi connectivity index (χ3n) is 6.13. The lowest BCUT2D eigenvalue weighted by Crippen LogP contribution is -2.21. The summed E-state index contributed by atoms with van der Waals surface area (Å²) in [5.41, 5.74) is 0.606. The van der Waals surface area contributed by atoms with Gasteiger partial charge in [-0.25, -0.2) is 9.18 Å². The van der Waals surface area contributed by atoms with Crippen LogP contribution in [0.1, 0.15) is 16.1 Å². The molecule has 0 atom stereocenters. The van der Waals surface area contributed by atoms with Crippen molar-refractivity contribution in [3.8, 4) is 17.2 Å². The Balaban J connectivity index is 1.57. The fraction of sp³-hybridized carbons (Fsp3) is 0.0741. The van der Waals surface area contributed by atoms with E-state index in [1.807, 2.05) is 54.6 Å². The quantitative estimate of drug-likeness (QED) is 0.365. The van der Waals surface area contributed by atoms with E-state index in [4.69, 9.17) is 4.74 Å². The van der Waals surface area contributed by atoms with E-state index < -0.39 is 22.8 Å². The van der Waals surface area contributed by atoms with Crippen molar-refractivity contribution in [2.75, 3.05) is 11.9 Å². The Labute approximate surface area is 198 Å². The molecule has 1 aliphatic heterocycles. The van der Waals surface area contributed by atoms with Crippen molar-refractivity contribution in [1.82, 2.24) is 9.55 Å². The molecule has 0 fully saturated rings. The van der Waals surface area contributed by atoms with E-state index >= 15 is 4.39 Å². The number of fused-ring (bicyclic) bond motifs is 3. The second-order valence-corrected chi connectivity index (χ2v) is 8.27. The van der Waals surface area contributed by atoms with Gasteiger partial charge in [0.15, 0.2) is 17.3 Å². The number of aromatic carboxylic acids is 1. The van der Waals surface area contributed by atoms with Gasteiger partial charge < -0.3 is 19.7 Å². The van der Waals surface area contributed by atoms with Crippen molar-refractivity contribution < 1.29 is 19.0 Å². The highest BCUT2D eigenvalue weighted by Crippen LogP contribution is 2.46. The highest BCUT2D eigenvalue weighted by atomic mass is 19.1. The standard InChI is InChI=1S/C27H18FN3O4/c28-20-13-18-24-26(23(20)30-10-8-17-7-3-4-9-29-17)35-22-12-16-6-2-1-5-15(16)11-21(22)31(24)14-19(25(18)32)27(33)34/h1-7,9,11-14,30H,8,10H2,(H,33,34). The topological polar surface area (TPSA) is 93.5 Å². The SMILES string of the molecule is O=C(O)c1cn2c3c(c(NCCc4ccccn4)c(F)cc3c1=O)Oc1cc3ccccc3cc1-2. The van der Waals surface area contributed by atoms with Crippen molar-refractivity contribution in [3.05, 3.63) is 100 Å². The number of aromatic nitrogens is 2. The summed E-state index contributed by atoms with van der Waals surface area (Å²) in [6.45, 7) is 0.373. The molecule has 0 saturated carbocycles. The number of rotatable bonds is 5. The van der Waals surface area contributed by atoms with Crippen molar-refractivity contribution in [3.63, 3.8) is 0 Å². The molecule has 0 unspecified atom stereocenters. The Kier molecular flexibility index (Phi) is 4.74. The van der Waals surface area contributed by atoms with Crippen LogP contribution in [0.3, 0.4) is 0 Å². The van der Waals surface area contributed by atoms with E-state index in [9.17, 15) is 14.7 Å². The van der Waals surface area contributed by atoms with Gasteiger partial charge in [0.1, 0.15) is 16.8 Å². The maximum absolute atomic E-state index is 15.3. The lowest BCUT2D eigenvalue weighted by Gasteiger charge is -2.26. The number of ether oxygens (including phenoxy) is 1. The molecule has 0 saturated heterocycles. The molecule has 0 radical (unpaired) electrons. The van der Waals surface area contributed by atoms with Crippen LogP contribution < -0.4 is 15.5 Å². The maximum atomic E-state index is 15.3. The summed E-state index contributed by atoms with van der Waals surface area (Å²) in [7, 11) is 0. The van der Waals surface area contributed by atoms with Crippen LogP contribution in [0.4, 0.5) is 10.1 Å². The molecule has 7 nitrogen and oxygen atoms in total. The molecule has 6 rings (SSSR count). The Morgan fingerprint density at radius 1 is 1.09 bits per heavy atom. The van der Waals surface area contributed by atoms with E-state index in [2.05, 4.69) is 10.3 Å². The molecule has 5 aromatic rings. The van der Waals surface area contributed by atoms with Gasteiger partial charge in [-0.05, 0) is 41.1 Å². The summed E-state index contributed by atoms with van der Waals surface area (Å²) < 4.78 is 23.1. The minimum absolute atomic E-state index is 0.0634. The molecular weight excluding hydrogens is 449 g/mol. The number of halogens is 1. The van der Waals surface area contributed by atoms with Gasteiger partial charge in [0, 0.05) is 31.1 Å². The Morgan fingerprint density at radius 3 is 2.60 bits per heavy atom. The predicted octanol–water partition coefficient (Wildman–Crippen LogP) is 5.14. The van der Waals surface area contributed by atoms with E-state index in [0.29, 0.717) is 29.9 Å². The molecule has 0 spiro atoms. The molecule has 35 heavy (non-hydrogen) atoms. The van der Waals surface area contributed by atoms with Gasteiger partial charge in [0.05, 0.1) is 11.1 Å². The molecule has 172 valence electrons. The monoisotopic (exact) mass is 467 g/mol. The average molecular weight is 467 g/mol. The molecule has 2 N–H and O–H groups in total. The fourth-order valence-electron chi connectivity index (χ4n) is 4.48. The van der Waals surface area contributed by atoms with Crippen LogP contribution in [0, 0.1) is 5.82 Å². The highest BCUT2D eigenvalue weighted by Gasteiger charge is 2.28. The zero-order chi connectivity index (χ0) is 24.1. The zero-order valence-electron chi connectivity index (χ0n) is 18.3. The lowest BCUT2D eigenvalue weighted by atomic mass is 10.0. The number of nitrogens with zero attached hydrogens (tertiary/aromatic N) is 2. The average Bonchev–Trinajstić information content (AvgIpc) is 2.86. The molecule has 0 aliphatic carbocycles. The van der Waals surface area contributed by atoms with E-state index in [1.54, 1.807) is 10.8 Å². The third kappa shape index (κ3) is 3.38. The predicted molar refractivity (Wildman–Crippen MR) is 130 cm³/mol. The lowest BCUT2D eigenvalue weighted by molar-refractivity contribution is 0.0695. The molecule has 1 aliphatic rings. The first kappa shape index (κ1) is 20.9. The Hall–Kier alpha value is -4.72. The second-order valence-electron chi connectivity index (χ2n) is 8.27. The Bertz CT molecular complexity index is 1710. The van der Waals surface area contributed by atoms with Crippen LogP contribution in [0.5, 0.6) is 11.5 Å². The summed E-state index contributed by atoms with van der Waals surface area (Å²) in [6.07, 6.45) is 3.52. The number of nitrogens with one attached hydrogen (secondary N) is 1. The molecule has 0 amide bonds. The zero-order valence-corrected chi connectivity index (χ0v) is 18.3. The molecule has 0 bridgehead atoms. The van der Waals surface area contributed by atoms with Gasteiger partial charge in [-0.2, -0.15) is 0 Å². The molecule has 8 heteroatoms. The summed E-state index contributed by atoms with van der Waals surface area (Å²) >= 11 is 0. The number of hydrogen-bond acceptors (Lipinski definition) is 5. The van der Waals surface area contributed by atoms with Crippen LogP contribution in [-0.2, 0) is 6.42 Å². The minimum Gasteiger partial charge on any atom is -0.477 e. The van der Waals surface area contributed by atoms with Gasteiger partial charge in [-0.3, -0.25) is 9.78 Å². The molecule has 3 aromatic carbocycles. The largest absolute Gasteiger partial charge is 0.477 e. The van der Waals surface area contributed by atoms with Gasteiger partial charge in [-0.1, -0.05) is 30.3 Å². The van der Waals surface area contributed by atoms with Crippen molar-refractivity contribution >= 4 is 33.3 Å². The van der Waals surface area contributed by atoms with Gasteiger partial charge in [0.2, 0.25) is 5.43 Å². The van der Waals surface area contributed by atoms with E-state index in [0.717, 1.165) is 22.5 Å². The van der Waals surface area contributed by atoms with Crippen LogP contribution in [0.2, 0.25) is 0 Å². The molecule has 3 heterocycles. The first-order valence-corrected chi connectivity index (χ1v) is 11.0. The van der Waals surface area contributed by atoms with E-state index in [1.165, 1.54) is 6.20 Å². The normalized spacial score (nSPS) is 11.8. The summed E-state index contributed by atoms with van der Waals surface area (Å²) in [5.74, 6) is -1.52. The van der Waals surface area contributed by atoms with Gasteiger partial charge in [0.25, 0.3) is 0 Å². The number of benzene rings is 3. The van der Waals surface area contributed by atoms with Gasteiger partial charge >= 0.3 is 5.97 Å². The van der Waals surface area contributed by atoms with Crippen molar-refractivity contribution in [2.24, 2.45) is 0 Å². The molecule has 2 aromatic heterocycles. The van der Waals surface area contributed by atoms with E-state index in [-0.39, 0.29) is 16.8 Å². The number of hydrogen-bond donors (Lipinski definition) is 2. The first-order valence-electron chi connectivity index (χ1n) is 11.0. The Morgan fingerprint density at radius 2 is 1.86 bits per heavy atom. The summed E-state index contributed by atoms with van der Waals surface area (Å²) in [6, 6.07) is 18.0.